The molecule has 0 spiro atoms. The molecule has 4 N–H and O–H groups in total. The molecule has 1 aromatic carbocycles. The lowest BCUT2D eigenvalue weighted by molar-refractivity contribution is -0.116. The van der Waals surface area contributed by atoms with Crippen molar-refractivity contribution in [2.75, 3.05) is 17.2 Å². The maximum Gasteiger partial charge on any atom is 0.226 e. The Hall–Kier alpha value is -2.25. The molecule has 7 heteroatoms. The Morgan fingerprint density at radius 3 is 2.59 bits per heavy atom. The number of carbonyl (C=O) groups excluding carboxylic acids is 2. The van der Waals surface area contributed by atoms with Gasteiger partial charge in [0.15, 0.2) is 5.13 Å². The van der Waals surface area contributed by atoms with E-state index in [9.17, 15) is 9.59 Å². The van der Waals surface area contributed by atoms with Crippen molar-refractivity contribution in [3.8, 4) is 11.3 Å². The number of thiazole rings is 1. The second kappa shape index (κ2) is 7.67. The highest BCUT2D eigenvalue weighted by Gasteiger charge is 2.08. The van der Waals surface area contributed by atoms with E-state index in [4.69, 9.17) is 5.73 Å². The van der Waals surface area contributed by atoms with Crippen molar-refractivity contribution < 1.29 is 9.59 Å². The zero-order valence-electron chi connectivity index (χ0n) is 12.3. The third kappa shape index (κ3) is 4.64. The molecule has 0 radical (unpaired) electrons. The molecule has 0 saturated carbocycles. The summed E-state index contributed by atoms with van der Waals surface area (Å²) in [4.78, 5) is 27.0. The van der Waals surface area contributed by atoms with Crippen LogP contribution in [0.15, 0.2) is 29.6 Å². The van der Waals surface area contributed by atoms with Gasteiger partial charge in [-0.1, -0.05) is 12.1 Å². The Bertz CT molecular complexity index is 652. The fourth-order valence-corrected chi connectivity index (χ4v) is 2.57. The Morgan fingerprint density at radius 1 is 1.23 bits per heavy atom. The first-order chi connectivity index (χ1) is 10.6. The number of benzene rings is 1. The quantitative estimate of drug-likeness (QED) is 0.762. The van der Waals surface area contributed by atoms with Gasteiger partial charge in [-0.2, -0.15) is 0 Å². The van der Waals surface area contributed by atoms with Crippen molar-refractivity contribution in [2.24, 2.45) is 5.73 Å². The van der Waals surface area contributed by atoms with Gasteiger partial charge in [-0.05, 0) is 25.1 Å². The van der Waals surface area contributed by atoms with E-state index < -0.39 is 0 Å². The van der Waals surface area contributed by atoms with Gasteiger partial charge in [-0.25, -0.2) is 4.98 Å². The molecular formula is C15H18N4O2S. The van der Waals surface area contributed by atoms with E-state index >= 15 is 0 Å². The highest BCUT2D eigenvalue weighted by atomic mass is 32.1. The third-order valence-electron chi connectivity index (χ3n) is 2.86. The molecule has 0 atom stereocenters. The Labute approximate surface area is 132 Å². The summed E-state index contributed by atoms with van der Waals surface area (Å²) in [6, 6.07) is 7.38. The van der Waals surface area contributed by atoms with E-state index in [1.165, 1.54) is 18.3 Å². The fourth-order valence-electron chi connectivity index (χ4n) is 1.84. The van der Waals surface area contributed by atoms with Gasteiger partial charge in [0.05, 0.1) is 5.69 Å². The molecular weight excluding hydrogens is 300 g/mol. The van der Waals surface area contributed by atoms with Crippen molar-refractivity contribution >= 4 is 34.0 Å². The second-order valence-corrected chi connectivity index (χ2v) is 5.59. The highest BCUT2D eigenvalue weighted by molar-refractivity contribution is 7.14. The SMILES string of the molecule is CC(=O)Nc1ccc(-c2csc(NC(=O)CCCN)n2)cc1. The number of hydrogen-bond donors (Lipinski definition) is 3. The van der Waals surface area contributed by atoms with Crippen LogP contribution in [0.4, 0.5) is 10.8 Å². The van der Waals surface area contributed by atoms with E-state index in [0.717, 1.165) is 16.9 Å². The summed E-state index contributed by atoms with van der Waals surface area (Å²) in [6.45, 7) is 1.96. The number of hydrogen-bond acceptors (Lipinski definition) is 5. The summed E-state index contributed by atoms with van der Waals surface area (Å²) in [7, 11) is 0. The van der Waals surface area contributed by atoms with Crippen molar-refractivity contribution in [3.05, 3.63) is 29.6 Å². The summed E-state index contributed by atoms with van der Waals surface area (Å²) in [5, 5.41) is 7.92. The van der Waals surface area contributed by atoms with E-state index in [1.807, 2.05) is 29.6 Å². The molecule has 0 aliphatic rings. The summed E-state index contributed by atoms with van der Waals surface area (Å²) >= 11 is 1.38. The molecule has 2 aromatic rings. The molecule has 0 unspecified atom stereocenters. The van der Waals surface area contributed by atoms with Gasteiger partial charge >= 0.3 is 0 Å². The lowest BCUT2D eigenvalue weighted by Crippen LogP contribution is -2.13. The Balaban J connectivity index is 2.01. The van der Waals surface area contributed by atoms with Crippen LogP contribution in [0.3, 0.4) is 0 Å². The molecule has 0 aliphatic heterocycles. The fraction of sp³-hybridized carbons (Fsp3) is 0.267. The Kier molecular flexibility index (Phi) is 5.62. The topological polar surface area (TPSA) is 97.1 Å². The van der Waals surface area contributed by atoms with Crippen LogP contribution in [-0.2, 0) is 9.59 Å². The van der Waals surface area contributed by atoms with Crippen molar-refractivity contribution in [1.82, 2.24) is 4.98 Å². The molecule has 6 nitrogen and oxygen atoms in total. The van der Waals surface area contributed by atoms with E-state index in [2.05, 4.69) is 15.6 Å². The van der Waals surface area contributed by atoms with Gasteiger partial charge in [0.1, 0.15) is 0 Å². The molecule has 22 heavy (non-hydrogen) atoms. The first-order valence-corrected chi connectivity index (χ1v) is 7.80. The lowest BCUT2D eigenvalue weighted by Gasteiger charge is -2.03. The van der Waals surface area contributed by atoms with Gasteiger partial charge < -0.3 is 16.4 Å². The maximum absolute atomic E-state index is 11.6. The number of anilines is 2. The molecule has 2 amide bonds. The van der Waals surface area contributed by atoms with Crippen LogP contribution in [0, 0.1) is 0 Å². The lowest BCUT2D eigenvalue weighted by atomic mass is 10.1. The van der Waals surface area contributed by atoms with Crippen LogP contribution in [0.5, 0.6) is 0 Å². The van der Waals surface area contributed by atoms with Gasteiger partial charge in [0.2, 0.25) is 11.8 Å². The largest absolute Gasteiger partial charge is 0.330 e. The van der Waals surface area contributed by atoms with Crippen molar-refractivity contribution in [2.45, 2.75) is 19.8 Å². The average molecular weight is 318 g/mol. The van der Waals surface area contributed by atoms with Crippen LogP contribution in [0.25, 0.3) is 11.3 Å². The zero-order chi connectivity index (χ0) is 15.9. The number of rotatable bonds is 6. The van der Waals surface area contributed by atoms with E-state index in [1.54, 1.807) is 0 Å². The standard InChI is InChI=1S/C15H18N4O2S/c1-10(20)17-12-6-4-11(5-7-12)13-9-22-15(18-13)19-14(21)3-2-8-16/h4-7,9H,2-3,8,16H2,1H3,(H,17,20)(H,18,19,21). The number of carbonyl (C=O) groups is 2. The van der Waals surface area contributed by atoms with Crippen molar-refractivity contribution in [3.63, 3.8) is 0 Å². The maximum atomic E-state index is 11.6. The van der Waals surface area contributed by atoms with Crippen LogP contribution in [0.1, 0.15) is 19.8 Å². The molecule has 1 aromatic heterocycles. The summed E-state index contributed by atoms with van der Waals surface area (Å²) in [5.41, 5.74) is 7.82. The van der Waals surface area contributed by atoms with Crippen LogP contribution >= 0.6 is 11.3 Å². The molecule has 0 aliphatic carbocycles. The number of amides is 2. The second-order valence-electron chi connectivity index (χ2n) is 4.74. The molecule has 0 fully saturated rings. The summed E-state index contributed by atoms with van der Waals surface area (Å²) in [6.07, 6.45) is 1.06. The molecule has 2 rings (SSSR count). The van der Waals surface area contributed by atoms with Gasteiger partial charge in [-0.15, -0.1) is 11.3 Å². The molecule has 0 saturated heterocycles. The number of nitrogens with zero attached hydrogens (tertiary/aromatic N) is 1. The van der Waals surface area contributed by atoms with Gasteiger partial charge in [0, 0.05) is 30.0 Å². The minimum Gasteiger partial charge on any atom is -0.330 e. The third-order valence-corrected chi connectivity index (χ3v) is 3.62. The number of nitrogens with one attached hydrogen (secondary N) is 2. The zero-order valence-corrected chi connectivity index (χ0v) is 13.1. The number of aromatic nitrogens is 1. The predicted molar refractivity (Wildman–Crippen MR) is 88.8 cm³/mol. The van der Waals surface area contributed by atoms with Gasteiger partial charge in [-0.3, -0.25) is 9.59 Å². The first-order valence-electron chi connectivity index (χ1n) is 6.92. The monoisotopic (exact) mass is 318 g/mol. The normalized spacial score (nSPS) is 10.3. The average Bonchev–Trinajstić information content (AvgIpc) is 2.93. The van der Waals surface area contributed by atoms with E-state index in [-0.39, 0.29) is 11.8 Å². The molecule has 0 bridgehead atoms. The predicted octanol–water partition coefficient (Wildman–Crippen LogP) is 2.45. The Morgan fingerprint density at radius 2 is 1.95 bits per heavy atom. The van der Waals surface area contributed by atoms with Crippen LogP contribution in [0.2, 0.25) is 0 Å². The van der Waals surface area contributed by atoms with Crippen molar-refractivity contribution in [1.29, 1.82) is 0 Å². The minimum atomic E-state index is -0.108. The highest BCUT2D eigenvalue weighted by Crippen LogP contribution is 2.26. The summed E-state index contributed by atoms with van der Waals surface area (Å²) in [5.74, 6) is -0.184. The smallest absolute Gasteiger partial charge is 0.226 e. The molecule has 1 heterocycles. The summed E-state index contributed by atoms with van der Waals surface area (Å²) < 4.78 is 0. The number of nitrogens with two attached hydrogens (primary N) is 1. The first kappa shape index (κ1) is 16.1. The minimum absolute atomic E-state index is 0.0765. The van der Waals surface area contributed by atoms with Gasteiger partial charge in [0.25, 0.3) is 0 Å². The van der Waals surface area contributed by atoms with Crippen LogP contribution in [-0.4, -0.2) is 23.3 Å². The van der Waals surface area contributed by atoms with E-state index in [0.29, 0.717) is 24.5 Å². The van der Waals surface area contributed by atoms with Crippen LogP contribution < -0.4 is 16.4 Å². The molecule has 116 valence electrons.